The highest BCUT2D eigenvalue weighted by molar-refractivity contribution is 8.18. The zero-order valence-corrected chi connectivity index (χ0v) is 20.1. The number of hydrogen-bond donors (Lipinski definition) is 1. The second-order valence-electron chi connectivity index (χ2n) is 8.34. The molecule has 1 fully saturated rings. The third kappa shape index (κ3) is 4.38. The van der Waals surface area contributed by atoms with Crippen molar-refractivity contribution in [2.24, 2.45) is 0 Å². The lowest BCUT2D eigenvalue weighted by molar-refractivity contribution is -0.127. The average molecular weight is 482 g/mol. The van der Waals surface area contributed by atoms with Gasteiger partial charge in [0.05, 0.1) is 4.91 Å². The molecule has 2 heterocycles. The fourth-order valence-corrected chi connectivity index (χ4v) is 5.18. The Balaban J connectivity index is 1.35. The fraction of sp³-hybridized carbons (Fsp3) is 0.107. The quantitative estimate of drug-likeness (QED) is 0.359. The standard InChI is InChI=1S/C28H23N3O3S/c1-18-15-21(19(2)31(18)22-11-4-3-5-12-22)16-25-27(33)30(28(34)35-25)17-26(32)29-24-14-8-10-20-9-6-7-13-23(20)24/h3-16H,17H2,1-2H3,(H,29,32)/b25-16+. The van der Waals surface area contributed by atoms with Crippen molar-refractivity contribution in [3.05, 3.63) is 101 Å². The molecule has 3 aromatic carbocycles. The molecule has 1 aliphatic rings. The van der Waals surface area contributed by atoms with Gasteiger partial charge in [0.2, 0.25) is 5.91 Å². The number of nitrogens with zero attached hydrogens (tertiary/aromatic N) is 2. The number of hydrogen-bond acceptors (Lipinski definition) is 4. The largest absolute Gasteiger partial charge is 0.324 e. The highest BCUT2D eigenvalue weighted by atomic mass is 32.2. The molecule has 1 saturated heterocycles. The summed E-state index contributed by atoms with van der Waals surface area (Å²) in [4.78, 5) is 39.7. The van der Waals surface area contributed by atoms with E-state index in [0.29, 0.717) is 10.6 Å². The first-order valence-electron chi connectivity index (χ1n) is 11.2. The lowest BCUT2D eigenvalue weighted by Crippen LogP contribution is -2.36. The van der Waals surface area contributed by atoms with E-state index in [4.69, 9.17) is 0 Å². The number of aromatic nitrogens is 1. The topological polar surface area (TPSA) is 71.4 Å². The molecule has 3 amide bonds. The van der Waals surface area contributed by atoms with E-state index in [-0.39, 0.29) is 6.54 Å². The van der Waals surface area contributed by atoms with Crippen molar-refractivity contribution in [1.82, 2.24) is 9.47 Å². The van der Waals surface area contributed by atoms with E-state index in [2.05, 4.69) is 9.88 Å². The van der Waals surface area contributed by atoms with Gasteiger partial charge in [0, 0.05) is 28.1 Å². The van der Waals surface area contributed by atoms with Crippen molar-refractivity contribution in [1.29, 1.82) is 0 Å². The van der Waals surface area contributed by atoms with Crippen LogP contribution in [-0.2, 0) is 9.59 Å². The Morgan fingerprint density at radius 3 is 2.46 bits per heavy atom. The van der Waals surface area contributed by atoms with E-state index < -0.39 is 17.1 Å². The molecule has 0 spiro atoms. The molecule has 7 heteroatoms. The number of imide groups is 1. The SMILES string of the molecule is Cc1cc(/C=C2/SC(=O)N(CC(=O)Nc3cccc4ccccc34)C2=O)c(C)n1-c1ccccc1. The smallest absolute Gasteiger partial charge is 0.294 e. The summed E-state index contributed by atoms with van der Waals surface area (Å²) in [6.07, 6.45) is 1.73. The Labute approximate surface area is 207 Å². The molecule has 0 saturated carbocycles. The summed E-state index contributed by atoms with van der Waals surface area (Å²) < 4.78 is 2.10. The molecule has 0 atom stereocenters. The van der Waals surface area contributed by atoms with Gasteiger partial charge in [0.1, 0.15) is 6.54 Å². The fourth-order valence-electron chi connectivity index (χ4n) is 4.35. The summed E-state index contributed by atoms with van der Waals surface area (Å²) in [7, 11) is 0. The minimum atomic E-state index is -0.461. The van der Waals surface area contributed by atoms with Gasteiger partial charge in [-0.05, 0) is 66.9 Å². The van der Waals surface area contributed by atoms with Crippen LogP contribution in [0.25, 0.3) is 22.5 Å². The number of benzene rings is 3. The number of para-hydroxylation sites is 1. The number of nitrogens with one attached hydrogen (secondary N) is 1. The highest BCUT2D eigenvalue weighted by Crippen LogP contribution is 2.34. The van der Waals surface area contributed by atoms with Gasteiger partial charge in [-0.25, -0.2) is 0 Å². The average Bonchev–Trinajstić information content (AvgIpc) is 3.28. The van der Waals surface area contributed by atoms with Crippen LogP contribution in [0.4, 0.5) is 10.5 Å². The number of anilines is 1. The van der Waals surface area contributed by atoms with Crippen LogP contribution >= 0.6 is 11.8 Å². The van der Waals surface area contributed by atoms with Gasteiger partial charge < -0.3 is 9.88 Å². The monoisotopic (exact) mass is 481 g/mol. The number of carbonyl (C=O) groups excluding carboxylic acids is 3. The van der Waals surface area contributed by atoms with E-state index >= 15 is 0 Å². The molecule has 1 aliphatic heterocycles. The van der Waals surface area contributed by atoms with Crippen molar-refractivity contribution >= 4 is 51.4 Å². The van der Waals surface area contributed by atoms with Crippen molar-refractivity contribution in [3.8, 4) is 5.69 Å². The Bertz CT molecular complexity index is 1500. The summed E-state index contributed by atoms with van der Waals surface area (Å²) in [5.41, 5.74) is 4.52. The van der Waals surface area contributed by atoms with Gasteiger partial charge in [-0.2, -0.15) is 0 Å². The molecule has 0 aliphatic carbocycles. The van der Waals surface area contributed by atoms with Gasteiger partial charge in [-0.3, -0.25) is 19.3 Å². The molecular weight excluding hydrogens is 458 g/mol. The number of thioether (sulfide) groups is 1. The summed E-state index contributed by atoms with van der Waals surface area (Å²) in [5, 5.41) is 4.27. The lowest BCUT2D eigenvalue weighted by Gasteiger charge is -2.13. The van der Waals surface area contributed by atoms with Crippen LogP contribution in [0.15, 0.2) is 83.8 Å². The van der Waals surface area contributed by atoms with Gasteiger partial charge in [-0.15, -0.1) is 0 Å². The predicted octanol–water partition coefficient (Wildman–Crippen LogP) is 5.92. The van der Waals surface area contributed by atoms with Gasteiger partial charge in [-0.1, -0.05) is 54.6 Å². The maximum atomic E-state index is 13.0. The third-order valence-corrected chi connectivity index (χ3v) is 6.92. The van der Waals surface area contributed by atoms with E-state index in [1.807, 2.05) is 86.6 Å². The zero-order chi connectivity index (χ0) is 24.5. The van der Waals surface area contributed by atoms with E-state index in [0.717, 1.165) is 50.1 Å². The molecule has 0 bridgehead atoms. The minimum Gasteiger partial charge on any atom is -0.324 e. The Morgan fingerprint density at radius 2 is 1.66 bits per heavy atom. The first-order chi connectivity index (χ1) is 16.9. The van der Waals surface area contributed by atoms with Crippen molar-refractivity contribution in [2.75, 3.05) is 11.9 Å². The van der Waals surface area contributed by atoms with Crippen LogP contribution in [0.5, 0.6) is 0 Å². The third-order valence-electron chi connectivity index (χ3n) is 6.01. The van der Waals surface area contributed by atoms with Crippen molar-refractivity contribution in [2.45, 2.75) is 13.8 Å². The second kappa shape index (κ2) is 9.27. The summed E-state index contributed by atoms with van der Waals surface area (Å²) in [6.45, 7) is 3.64. The molecule has 0 unspecified atom stereocenters. The molecule has 1 aromatic heterocycles. The summed E-state index contributed by atoms with van der Waals surface area (Å²) in [6, 6.07) is 25.3. The highest BCUT2D eigenvalue weighted by Gasteiger charge is 2.36. The number of amides is 3. The first kappa shape index (κ1) is 22.7. The maximum absolute atomic E-state index is 13.0. The van der Waals surface area contributed by atoms with Crippen LogP contribution in [0.2, 0.25) is 0 Å². The van der Waals surface area contributed by atoms with Crippen LogP contribution < -0.4 is 5.32 Å². The minimum absolute atomic E-state index is 0.307. The molecule has 1 N–H and O–H groups in total. The molecule has 0 radical (unpaired) electrons. The Hall–Kier alpha value is -4.10. The summed E-state index contributed by atoms with van der Waals surface area (Å²) >= 11 is 0.856. The zero-order valence-electron chi connectivity index (χ0n) is 19.3. The molecule has 6 nitrogen and oxygen atoms in total. The van der Waals surface area contributed by atoms with Crippen molar-refractivity contribution in [3.63, 3.8) is 0 Å². The Morgan fingerprint density at radius 1 is 0.943 bits per heavy atom. The lowest BCUT2D eigenvalue weighted by atomic mass is 10.1. The van der Waals surface area contributed by atoms with E-state index in [1.54, 1.807) is 12.1 Å². The van der Waals surface area contributed by atoms with E-state index in [1.165, 1.54) is 0 Å². The number of aryl methyl sites for hydroxylation is 1. The maximum Gasteiger partial charge on any atom is 0.294 e. The van der Waals surface area contributed by atoms with Crippen LogP contribution in [-0.4, -0.2) is 33.1 Å². The predicted molar refractivity (Wildman–Crippen MR) is 140 cm³/mol. The van der Waals surface area contributed by atoms with Gasteiger partial charge >= 0.3 is 0 Å². The van der Waals surface area contributed by atoms with Crippen LogP contribution in [0.3, 0.4) is 0 Å². The molecule has 174 valence electrons. The number of carbonyl (C=O) groups is 3. The second-order valence-corrected chi connectivity index (χ2v) is 9.33. The molecule has 5 rings (SSSR count). The van der Waals surface area contributed by atoms with Gasteiger partial charge in [0.25, 0.3) is 11.1 Å². The van der Waals surface area contributed by atoms with Crippen molar-refractivity contribution < 1.29 is 14.4 Å². The number of fused-ring (bicyclic) bond motifs is 1. The van der Waals surface area contributed by atoms with E-state index in [9.17, 15) is 14.4 Å². The van der Waals surface area contributed by atoms with Crippen LogP contribution in [0.1, 0.15) is 17.0 Å². The molecular formula is C28H23N3O3S. The first-order valence-corrected chi connectivity index (χ1v) is 12.0. The molecule has 4 aromatic rings. The summed E-state index contributed by atoms with van der Waals surface area (Å²) in [5.74, 6) is -0.884. The van der Waals surface area contributed by atoms with Gasteiger partial charge in [0.15, 0.2) is 0 Å². The number of rotatable bonds is 5. The molecule has 35 heavy (non-hydrogen) atoms. The Kier molecular flexibility index (Phi) is 6.01. The normalized spacial score (nSPS) is 14.8. The van der Waals surface area contributed by atoms with Crippen LogP contribution in [0, 0.1) is 13.8 Å².